The standard InChI is InChI=1S/C18H25N3O2/c1-6-16(14-8-10-15(23-5)11-9-14)21(7-2)18(22)17-12(3)19-20-13(17)4/h8-11,16H,6-7H2,1-5H3,(H,19,20)/t16-/m1/s1. The lowest BCUT2D eigenvalue weighted by Gasteiger charge is -2.31. The highest BCUT2D eigenvalue weighted by Crippen LogP contribution is 2.28. The molecule has 0 fully saturated rings. The number of aryl methyl sites for hydroxylation is 2. The van der Waals surface area contributed by atoms with Crippen LogP contribution in [-0.4, -0.2) is 34.7 Å². The minimum absolute atomic E-state index is 0.0268. The first-order valence-electron chi connectivity index (χ1n) is 7.99. The number of H-pyrrole nitrogens is 1. The number of nitrogens with one attached hydrogen (secondary N) is 1. The SMILES string of the molecule is CC[C@H](c1ccc(OC)cc1)N(CC)C(=O)c1c(C)n[nH]c1C. The van der Waals surface area contributed by atoms with Gasteiger partial charge in [-0.05, 0) is 44.9 Å². The van der Waals surface area contributed by atoms with Crippen LogP contribution in [0.4, 0.5) is 0 Å². The van der Waals surface area contributed by atoms with Crippen LogP contribution < -0.4 is 4.74 Å². The van der Waals surface area contributed by atoms with E-state index in [0.717, 1.165) is 29.1 Å². The zero-order chi connectivity index (χ0) is 17.0. The number of carbonyl (C=O) groups is 1. The summed E-state index contributed by atoms with van der Waals surface area (Å²) in [5.74, 6) is 0.846. The van der Waals surface area contributed by atoms with Crippen LogP contribution in [0.15, 0.2) is 24.3 Å². The van der Waals surface area contributed by atoms with Gasteiger partial charge in [-0.25, -0.2) is 0 Å². The number of benzene rings is 1. The van der Waals surface area contributed by atoms with Crippen LogP contribution in [0.5, 0.6) is 5.75 Å². The van der Waals surface area contributed by atoms with Gasteiger partial charge in [0.2, 0.25) is 0 Å². The molecule has 0 aliphatic heterocycles. The van der Waals surface area contributed by atoms with E-state index in [0.29, 0.717) is 12.1 Å². The Morgan fingerprint density at radius 2 is 1.91 bits per heavy atom. The van der Waals surface area contributed by atoms with Crippen LogP contribution in [0, 0.1) is 13.8 Å². The van der Waals surface area contributed by atoms with Crippen molar-refractivity contribution in [3.05, 3.63) is 46.8 Å². The Bertz CT molecular complexity index is 642. The highest BCUT2D eigenvalue weighted by molar-refractivity contribution is 5.96. The van der Waals surface area contributed by atoms with Crippen LogP contribution in [0.3, 0.4) is 0 Å². The smallest absolute Gasteiger partial charge is 0.258 e. The molecule has 124 valence electrons. The highest BCUT2D eigenvalue weighted by atomic mass is 16.5. The summed E-state index contributed by atoms with van der Waals surface area (Å²) in [6, 6.07) is 7.96. The first-order valence-corrected chi connectivity index (χ1v) is 7.99. The van der Waals surface area contributed by atoms with Crippen molar-refractivity contribution in [1.82, 2.24) is 15.1 Å². The van der Waals surface area contributed by atoms with Crippen molar-refractivity contribution < 1.29 is 9.53 Å². The third-order valence-electron chi connectivity index (χ3n) is 4.21. The molecule has 23 heavy (non-hydrogen) atoms. The minimum Gasteiger partial charge on any atom is -0.497 e. The number of aromatic nitrogens is 2. The summed E-state index contributed by atoms with van der Waals surface area (Å²) in [5, 5.41) is 7.04. The largest absolute Gasteiger partial charge is 0.497 e. The van der Waals surface area contributed by atoms with Gasteiger partial charge in [-0.2, -0.15) is 5.10 Å². The molecular formula is C18H25N3O2. The molecule has 0 aliphatic rings. The number of hydrogen-bond donors (Lipinski definition) is 1. The van der Waals surface area contributed by atoms with E-state index in [-0.39, 0.29) is 11.9 Å². The molecule has 1 amide bonds. The lowest BCUT2D eigenvalue weighted by molar-refractivity contribution is 0.0681. The van der Waals surface area contributed by atoms with E-state index >= 15 is 0 Å². The summed E-state index contributed by atoms with van der Waals surface area (Å²) >= 11 is 0. The second-order valence-corrected chi connectivity index (χ2v) is 5.60. The summed E-state index contributed by atoms with van der Waals surface area (Å²) in [7, 11) is 1.65. The molecule has 2 aromatic rings. The maximum absolute atomic E-state index is 13.0. The van der Waals surface area contributed by atoms with E-state index in [4.69, 9.17) is 4.74 Å². The van der Waals surface area contributed by atoms with Crippen molar-refractivity contribution in [2.24, 2.45) is 0 Å². The molecule has 1 heterocycles. The Kier molecular flexibility index (Phi) is 5.42. The lowest BCUT2D eigenvalue weighted by atomic mass is 10.0. The van der Waals surface area contributed by atoms with E-state index in [1.807, 2.05) is 49.9 Å². The topological polar surface area (TPSA) is 58.2 Å². The number of aromatic amines is 1. The van der Waals surface area contributed by atoms with Crippen molar-refractivity contribution in [2.75, 3.05) is 13.7 Å². The molecule has 0 saturated carbocycles. The quantitative estimate of drug-likeness (QED) is 0.885. The monoisotopic (exact) mass is 315 g/mol. The molecule has 5 nitrogen and oxygen atoms in total. The molecule has 0 spiro atoms. The number of amides is 1. The van der Waals surface area contributed by atoms with Gasteiger partial charge < -0.3 is 9.64 Å². The van der Waals surface area contributed by atoms with Crippen molar-refractivity contribution in [3.63, 3.8) is 0 Å². The first-order chi connectivity index (χ1) is 11.0. The average Bonchev–Trinajstić information content (AvgIpc) is 2.91. The molecule has 1 N–H and O–H groups in total. The normalized spacial score (nSPS) is 12.0. The van der Waals surface area contributed by atoms with Crippen molar-refractivity contribution >= 4 is 5.91 Å². The first kappa shape index (κ1) is 17.1. The third-order valence-corrected chi connectivity index (χ3v) is 4.21. The van der Waals surface area contributed by atoms with E-state index in [9.17, 15) is 4.79 Å². The number of carbonyl (C=O) groups excluding carboxylic acids is 1. The fourth-order valence-electron chi connectivity index (χ4n) is 2.98. The summed E-state index contributed by atoms with van der Waals surface area (Å²) < 4.78 is 5.21. The van der Waals surface area contributed by atoms with E-state index < -0.39 is 0 Å². The maximum Gasteiger partial charge on any atom is 0.258 e. The van der Waals surface area contributed by atoms with Crippen LogP contribution in [0.1, 0.15) is 53.6 Å². The third kappa shape index (κ3) is 3.38. The molecule has 0 saturated heterocycles. The van der Waals surface area contributed by atoms with Gasteiger partial charge in [-0.15, -0.1) is 0 Å². The molecule has 5 heteroatoms. The zero-order valence-electron chi connectivity index (χ0n) is 14.5. The van der Waals surface area contributed by atoms with Crippen molar-refractivity contribution in [1.29, 1.82) is 0 Å². The molecule has 0 radical (unpaired) electrons. The molecule has 0 bridgehead atoms. The molecular weight excluding hydrogens is 290 g/mol. The number of ether oxygens (including phenoxy) is 1. The number of hydrogen-bond acceptors (Lipinski definition) is 3. The fourth-order valence-corrected chi connectivity index (χ4v) is 2.98. The van der Waals surface area contributed by atoms with E-state index in [1.54, 1.807) is 7.11 Å². The predicted octanol–water partition coefficient (Wildman–Crippen LogP) is 3.65. The van der Waals surface area contributed by atoms with E-state index in [2.05, 4.69) is 17.1 Å². The van der Waals surface area contributed by atoms with Crippen LogP contribution in [-0.2, 0) is 0 Å². The zero-order valence-corrected chi connectivity index (χ0v) is 14.5. The van der Waals surface area contributed by atoms with Gasteiger partial charge in [-0.1, -0.05) is 19.1 Å². The van der Waals surface area contributed by atoms with E-state index in [1.165, 1.54) is 0 Å². The predicted molar refractivity (Wildman–Crippen MR) is 90.8 cm³/mol. The Labute approximate surface area is 137 Å². The summed E-state index contributed by atoms with van der Waals surface area (Å²) in [5.41, 5.74) is 3.35. The fraction of sp³-hybridized carbons (Fsp3) is 0.444. The Morgan fingerprint density at radius 1 is 1.26 bits per heavy atom. The summed E-state index contributed by atoms with van der Waals surface area (Å²) in [4.78, 5) is 14.9. The number of rotatable bonds is 6. The minimum atomic E-state index is 0.0268. The second-order valence-electron chi connectivity index (χ2n) is 5.60. The van der Waals surface area contributed by atoms with Crippen molar-refractivity contribution in [2.45, 2.75) is 40.2 Å². The van der Waals surface area contributed by atoms with Gasteiger partial charge in [-0.3, -0.25) is 9.89 Å². The summed E-state index contributed by atoms with van der Waals surface area (Å²) in [6.07, 6.45) is 0.849. The second kappa shape index (κ2) is 7.31. The van der Waals surface area contributed by atoms with Gasteiger partial charge in [0.25, 0.3) is 5.91 Å². The van der Waals surface area contributed by atoms with Gasteiger partial charge in [0.1, 0.15) is 5.75 Å². The van der Waals surface area contributed by atoms with Gasteiger partial charge in [0.05, 0.1) is 24.4 Å². The highest BCUT2D eigenvalue weighted by Gasteiger charge is 2.27. The molecule has 1 aromatic heterocycles. The molecule has 1 atom stereocenters. The molecule has 0 unspecified atom stereocenters. The molecule has 1 aromatic carbocycles. The van der Waals surface area contributed by atoms with Gasteiger partial charge >= 0.3 is 0 Å². The van der Waals surface area contributed by atoms with Crippen LogP contribution in [0.2, 0.25) is 0 Å². The molecule has 0 aliphatic carbocycles. The average molecular weight is 315 g/mol. The lowest BCUT2D eigenvalue weighted by Crippen LogP contribution is -2.35. The Morgan fingerprint density at radius 3 is 2.35 bits per heavy atom. The molecule has 2 rings (SSSR count). The van der Waals surface area contributed by atoms with Gasteiger partial charge in [0.15, 0.2) is 0 Å². The van der Waals surface area contributed by atoms with Crippen LogP contribution in [0.25, 0.3) is 0 Å². The van der Waals surface area contributed by atoms with Gasteiger partial charge in [0, 0.05) is 12.2 Å². The Balaban J connectivity index is 2.34. The van der Waals surface area contributed by atoms with Crippen LogP contribution >= 0.6 is 0 Å². The maximum atomic E-state index is 13.0. The number of methoxy groups -OCH3 is 1. The summed E-state index contributed by atoms with van der Waals surface area (Å²) in [6.45, 7) is 8.50. The number of nitrogens with zero attached hydrogens (tertiary/aromatic N) is 2. The van der Waals surface area contributed by atoms with Crippen molar-refractivity contribution in [3.8, 4) is 5.75 Å². The Hall–Kier alpha value is -2.30.